The number of hydrogen-bond acceptors (Lipinski definition) is 7. The third-order valence-corrected chi connectivity index (χ3v) is 8.07. The highest BCUT2D eigenvalue weighted by Crippen LogP contribution is 2.35. The molecule has 0 aliphatic carbocycles. The zero-order valence-electron chi connectivity index (χ0n) is 27.3. The van der Waals surface area contributed by atoms with Crippen LogP contribution in [0, 0.1) is 0 Å². The van der Waals surface area contributed by atoms with E-state index in [0.29, 0.717) is 60.3 Å². The van der Waals surface area contributed by atoms with E-state index >= 15 is 0 Å². The number of likely N-dealkylation sites (tertiary alicyclic amines) is 1. The van der Waals surface area contributed by atoms with Gasteiger partial charge in [-0.25, -0.2) is 0 Å². The molecule has 4 rings (SSSR count). The number of amides is 2. The van der Waals surface area contributed by atoms with Crippen LogP contribution in [0.4, 0.5) is 18.9 Å². The van der Waals surface area contributed by atoms with Crippen molar-refractivity contribution in [2.24, 2.45) is 0 Å². The number of anilines is 1. The van der Waals surface area contributed by atoms with Crippen LogP contribution in [0.2, 0.25) is 0 Å². The molecule has 0 bridgehead atoms. The molecule has 9 nitrogen and oxygen atoms in total. The first-order valence-electron chi connectivity index (χ1n) is 16.4. The Balaban J connectivity index is 1.26. The van der Waals surface area contributed by atoms with E-state index in [9.17, 15) is 22.8 Å². The fourth-order valence-corrected chi connectivity index (χ4v) is 5.73. The van der Waals surface area contributed by atoms with Crippen molar-refractivity contribution in [3.05, 3.63) is 66.0 Å². The number of carbonyl (C=O) groups is 2. The molecule has 1 aliphatic heterocycles. The minimum atomic E-state index is -4.42. The number of rotatable bonds is 15. The maximum absolute atomic E-state index is 13.4. The molecule has 1 saturated heterocycles. The molecule has 12 heteroatoms. The van der Waals surface area contributed by atoms with Gasteiger partial charge in [0.05, 0.1) is 18.8 Å². The molecule has 0 unspecified atom stereocenters. The van der Waals surface area contributed by atoms with Crippen molar-refractivity contribution < 1.29 is 32.2 Å². The summed E-state index contributed by atoms with van der Waals surface area (Å²) in [6, 6.07) is 11.8. The summed E-state index contributed by atoms with van der Waals surface area (Å²) < 4.78 is 50.5. The predicted octanol–water partition coefficient (Wildman–Crippen LogP) is 6.77. The molecule has 2 amide bonds. The number of aromatic nitrogens is 2. The number of nitrogens with zero attached hydrogens (tertiary/aromatic N) is 4. The number of alkyl halides is 3. The number of piperidine rings is 1. The van der Waals surface area contributed by atoms with Crippen LogP contribution < -0.4 is 19.7 Å². The van der Waals surface area contributed by atoms with Crippen molar-refractivity contribution in [1.82, 2.24) is 20.2 Å². The van der Waals surface area contributed by atoms with Crippen LogP contribution in [-0.4, -0.2) is 72.1 Å². The Morgan fingerprint density at radius 3 is 2.17 bits per heavy atom. The molecule has 1 aromatic heterocycles. The van der Waals surface area contributed by atoms with E-state index in [2.05, 4.69) is 20.2 Å². The topological polar surface area (TPSA) is 96.9 Å². The van der Waals surface area contributed by atoms with Gasteiger partial charge in [-0.05, 0) is 81.8 Å². The molecule has 0 radical (unpaired) electrons. The Morgan fingerprint density at radius 1 is 0.936 bits per heavy atom. The monoisotopic (exact) mass is 655 g/mol. The lowest BCUT2D eigenvalue weighted by molar-refractivity contribution is -0.137. The maximum Gasteiger partial charge on any atom is 0.416 e. The molecule has 1 fully saturated rings. The molecule has 1 aliphatic rings. The first-order chi connectivity index (χ1) is 22.7. The normalized spacial score (nSPS) is 14.1. The lowest BCUT2D eigenvalue weighted by atomic mass is 9.97. The molecule has 2 aromatic carbocycles. The number of ether oxygens (including phenoxy) is 2. The molecule has 0 atom stereocenters. The number of benzene rings is 2. The van der Waals surface area contributed by atoms with E-state index in [-0.39, 0.29) is 17.9 Å². The summed E-state index contributed by atoms with van der Waals surface area (Å²) in [6.07, 6.45) is 1.23. The highest BCUT2D eigenvalue weighted by molar-refractivity contribution is 6.01. The van der Waals surface area contributed by atoms with Crippen molar-refractivity contribution in [2.45, 2.75) is 71.5 Å². The van der Waals surface area contributed by atoms with Gasteiger partial charge in [0.15, 0.2) is 5.69 Å². The van der Waals surface area contributed by atoms with E-state index < -0.39 is 11.7 Å². The highest BCUT2D eigenvalue weighted by Gasteiger charge is 2.30. The first kappa shape index (κ1) is 35.7. The van der Waals surface area contributed by atoms with Crippen LogP contribution >= 0.6 is 0 Å². The van der Waals surface area contributed by atoms with E-state index in [0.717, 1.165) is 63.9 Å². The average molecular weight is 656 g/mol. The van der Waals surface area contributed by atoms with E-state index in [4.69, 9.17) is 9.47 Å². The van der Waals surface area contributed by atoms with Gasteiger partial charge in [-0.1, -0.05) is 37.3 Å². The van der Waals surface area contributed by atoms with Gasteiger partial charge in [-0.15, -0.1) is 0 Å². The second kappa shape index (κ2) is 17.1. The van der Waals surface area contributed by atoms with Gasteiger partial charge in [0, 0.05) is 37.7 Å². The van der Waals surface area contributed by atoms with Crippen molar-refractivity contribution in [2.75, 3.05) is 44.3 Å². The second-order valence-electron chi connectivity index (χ2n) is 11.4. The smallest absolute Gasteiger partial charge is 0.416 e. The molecule has 47 heavy (non-hydrogen) atoms. The van der Waals surface area contributed by atoms with Crippen LogP contribution in [0.3, 0.4) is 0 Å². The number of hydrogen-bond donors (Lipinski definition) is 1. The van der Waals surface area contributed by atoms with Gasteiger partial charge in [0.1, 0.15) is 6.33 Å². The van der Waals surface area contributed by atoms with Crippen LogP contribution in [0.25, 0.3) is 11.1 Å². The van der Waals surface area contributed by atoms with Gasteiger partial charge < -0.3 is 24.6 Å². The summed E-state index contributed by atoms with van der Waals surface area (Å²) in [7, 11) is 0. The van der Waals surface area contributed by atoms with Crippen LogP contribution in [0.15, 0.2) is 54.9 Å². The zero-order chi connectivity index (χ0) is 33.8. The lowest BCUT2D eigenvalue weighted by Gasteiger charge is -2.32. The standard InChI is InChI=1S/C35H44F3N5O4/c1-4-20-43(31-33(46-5-2)39-24-40-34(31)47-6-3)30(44)13-9-10-21-42-22-18-27(19-23-42)41-32(45)29-12-8-7-11-28(29)25-14-16-26(17-15-25)35(36,37)38/h7-8,11-12,14-17,24,27H,4-6,9-10,13,18-23H2,1-3H3,(H,41,45). The molecule has 0 saturated carbocycles. The minimum Gasteiger partial charge on any atom is -0.476 e. The fraction of sp³-hybridized carbons (Fsp3) is 0.486. The quantitative estimate of drug-likeness (QED) is 0.181. The molecule has 2 heterocycles. The fourth-order valence-electron chi connectivity index (χ4n) is 5.73. The molecular weight excluding hydrogens is 611 g/mol. The summed E-state index contributed by atoms with van der Waals surface area (Å²) in [5, 5.41) is 3.12. The number of halogens is 3. The van der Waals surface area contributed by atoms with Crippen molar-refractivity contribution in [3.8, 4) is 22.9 Å². The Labute approximate surface area is 274 Å². The third kappa shape index (κ3) is 9.66. The molecule has 254 valence electrons. The zero-order valence-corrected chi connectivity index (χ0v) is 27.3. The van der Waals surface area contributed by atoms with Crippen LogP contribution in [-0.2, 0) is 11.0 Å². The van der Waals surface area contributed by atoms with Gasteiger partial charge in [0.25, 0.3) is 5.91 Å². The largest absolute Gasteiger partial charge is 0.476 e. The Hall–Kier alpha value is -4.19. The maximum atomic E-state index is 13.4. The lowest BCUT2D eigenvalue weighted by Crippen LogP contribution is -2.45. The molecule has 0 spiro atoms. The van der Waals surface area contributed by atoms with Gasteiger partial charge in [-0.2, -0.15) is 23.1 Å². The number of unbranched alkanes of at least 4 members (excludes halogenated alkanes) is 1. The van der Waals surface area contributed by atoms with Crippen molar-refractivity contribution in [3.63, 3.8) is 0 Å². The SMILES string of the molecule is CCCN(C(=O)CCCCN1CCC(NC(=O)c2ccccc2-c2ccc(C(F)(F)F)cc2)CC1)c1c(OCC)ncnc1OCC. The van der Waals surface area contributed by atoms with Crippen molar-refractivity contribution in [1.29, 1.82) is 0 Å². The summed E-state index contributed by atoms with van der Waals surface area (Å²) in [6.45, 7) is 9.52. The van der Waals surface area contributed by atoms with Gasteiger partial charge in [0.2, 0.25) is 17.7 Å². The molecular formula is C35H44F3N5O4. The van der Waals surface area contributed by atoms with E-state index in [1.165, 1.54) is 18.5 Å². The predicted molar refractivity (Wildman–Crippen MR) is 175 cm³/mol. The van der Waals surface area contributed by atoms with E-state index in [1.54, 1.807) is 29.2 Å². The Kier molecular flexibility index (Phi) is 13.0. The van der Waals surface area contributed by atoms with Gasteiger partial charge in [-0.3, -0.25) is 9.59 Å². The minimum absolute atomic E-state index is 0.00393. The summed E-state index contributed by atoms with van der Waals surface area (Å²) in [5.74, 6) is 0.413. The van der Waals surface area contributed by atoms with Crippen molar-refractivity contribution >= 4 is 17.5 Å². The molecule has 1 N–H and O–H groups in total. The highest BCUT2D eigenvalue weighted by atomic mass is 19.4. The van der Waals surface area contributed by atoms with E-state index in [1.807, 2.05) is 20.8 Å². The second-order valence-corrected chi connectivity index (χ2v) is 11.4. The van der Waals surface area contributed by atoms with Crippen LogP contribution in [0.5, 0.6) is 11.8 Å². The third-order valence-electron chi connectivity index (χ3n) is 8.07. The van der Waals surface area contributed by atoms with Gasteiger partial charge >= 0.3 is 6.18 Å². The van der Waals surface area contributed by atoms with Crippen LogP contribution in [0.1, 0.15) is 75.2 Å². The Morgan fingerprint density at radius 2 is 1.57 bits per heavy atom. The number of carbonyl (C=O) groups excluding carboxylic acids is 2. The Bertz CT molecular complexity index is 1440. The summed E-state index contributed by atoms with van der Waals surface area (Å²) >= 11 is 0. The first-order valence-corrected chi connectivity index (χ1v) is 16.4. The number of nitrogens with one attached hydrogen (secondary N) is 1. The average Bonchev–Trinajstić information content (AvgIpc) is 3.06. The summed E-state index contributed by atoms with van der Waals surface area (Å²) in [4.78, 5) is 39.2. The summed E-state index contributed by atoms with van der Waals surface area (Å²) in [5.41, 5.74) is 1.33. The molecule has 3 aromatic rings.